The minimum absolute atomic E-state index is 0.197. The number of benzene rings is 1. The summed E-state index contributed by atoms with van der Waals surface area (Å²) in [5.74, 6) is -0.197. The van der Waals surface area contributed by atoms with Gasteiger partial charge in [-0.25, -0.2) is 0 Å². The van der Waals surface area contributed by atoms with Crippen LogP contribution in [0.2, 0.25) is 0 Å². The van der Waals surface area contributed by atoms with E-state index in [0.717, 1.165) is 11.4 Å². The lowest BCUT2D eigenvalue weighted by Crippen LogP contribution is -2.19. The van der Waals surface area contributed by atoms with Crippen molar-refractivity contribution in [2.45, 2.75) is 6.92 Å². The zero-order valence-corrected chi connectivity index (χ0v) is 12.1. The van der Waals surface area contributed by atoms with E-state index < -0.39 is 0 Å². The van der Waals surface area contributed by atoms with Crippen molar-refractivity contribution in [3.63, 3.8) is 0 Å². The van der Waals surface area contributed by atoms with Crippen LogP contribution < -0.4 is 16.0 Å². The second-order valence-corrected chi connectivity index (χ2v) is 4.93. The Morgan fingerprint density at radius 3 is 2.65 bits per heavy atom. The molecule has 1 aromatic heterocycles. The molecule has 20 heavy (non-hydrogen) atoms. The predicted octanol–water partition coefficient (Wildman–Crippen LogP) is 1.63. The number of rotatable bonds is 3. The largest absolute Gasteiger partial charge is 0.399 e. The molecular weight excluding hydrogens is 254 g/mol. The van der Waals surface area contributed by atoms with Crippen molar-refractivity contribution in [2.75, 3.05) is 30.0 Å². The van der Waals surface area contributed by atoms with Crippen LogP contribution in [-0.2, 0) is 7.05 Å². The van der Waals surface area contributed by atoms with Gasteiger partial charge in [0.15, 0.2) is 0 Å². The molecule has 0 bridgehead atoms. The Kier molecular flexibility index (Phi) is 3.65. The summed E-state index contributed by atoms with van der Waals surface area (Å²) in [4.78, 5) is 14.3. The predicted molar refractivity (Wildman–Crippen MR) is 81.1 cm³/mol. The number of anilines is 3. The summed E-state index contributed by atoms with van der Waals surface area (Å²) in [6.07, 6.45) is 1.77. The van der Waals surface area contributed by atoms with Crippen molar-refractivity contribution in [2.24, 2.45) is 7.05 Å². The molecule has 0 radical (unpaired) electrons. The third kappa shape index (κ3) is 2.74. The number of nitrogen functional groups attached to an aromatic ring is 1. The van der Waals surface area contributed by atoms with E-state index in [-0.39, 0.29) is 5.91 Å². The van der Waals surface area contributed by atoms with Crippen LogP contribution in [0.3, 0.4) is 0 Å². The Morgan fingerprint density at radius 2 is 2.10 bits per heavy atom. The van der Waals surface area contributed by atoms with Gasteiger partial charge < -0.3 is 16.0 Å². The molecule has 1 amide bonds. The smallest absolute Gasteiger partial charge is 0.257 e. The summed E-state index contributed by atoms with van der Waals surface area (Å²) in [7, 11) is 5.59. The van der Waals surface area contributed by atoms with Crippen molar-refractivity contribution < 1.29 is 4.79 Å². The van der Waals surface area contributed by atoms with Gasteiger partial charge in [-0.3, -0.25) is 9.48 Å². The summed E-state index contributed by atoms with van der Waals surface area (Å²) in [5.41, 5.74) is 9.17. The Balaban J connectivity index is 2.33. The van der Waals surface area contributed by atoms with Crippen LogP contribution in [0, 0.1) is 6.92 Å². The summed E-state index contributed by atoms with van der Waals surface area (Å²) in [5, 5.41) is 7.07. The van der Waals surface area contributed by atoms with Crippen molar-refractivity contribution in [3.8, 4) is 0 Å². The average molecular weight is 273 g/mol. The molecule has 0 saturated carbocycles. The summed E-state index contributed by atoms with van der Waals surface area (Å²) in [6, 6.07) is 5.29. The van der Waals surface area contributed by atoms with Gasteiger partial charge in [-0.15, -0.1) is 0 Å². The first-order valence-corrected chi connectivity index (χ1v) is 6.27. The Labute approximate surface area is 118 Å². The number of aryl methyl sites for hydroxylation is 2. The topological polar surface area (TPSA) is 76.2 Å². The lowest BCUT2D eigenvalue weighted by molar-refractivity contribution is 0.102. The molecule has 0 spiro atoms. The van der Waals surface area contributed by atoms with Gasteiger partial charge in [0.2, 0.25) is 0 Å². The van der Waals surface area contributed by atoms with Gasteiger partial charge in [-0.05, 0) is 25.1 Å². The molecule has 1 aromatic carbocycles. The monoisotopic (exact) mass is 273 g/mol. The number of nitrogens with zero attached hydrogens (tertiary/aromatic N) is 3. The minimum Gasteiger partial charge on any atom is -0.399 e. The van der Waals surface area contributed by atoms with Gasteiger partial charge in [0.25, 0.3) is 5.91 Å². The molecule has 0 saturated heterocycles. The molecule has 2 aromatic rings. The minimum atomic E-state index is -0.197. The first-order valence-electron chi connectivity index (χ1n) is 6.27. The Bertz CT molecular complexity index is 645. The fraction of sp³-hybridized carbons (Fsp3) is 0.286. The van der Waals surface area contributed by atoms with E-state index in [1.165, 1.54) is 0 Å². The van der Waals surface area contributed by atoms with E-state index >= 15 is 0 Å². The van der Waals surface area contributed by atoms with E-state index in [4.69, 9.17) is 5.73 Å². The number of hydrogen-bond acceptors (Lipinski definition) is 4. The summed E-state index contributed by atoms with van der Waals surface area (Å²) >= 11 is 0. The molecule has 3 N–H and O–H groups in total. The van der Waals surface area contributed by atoms with Crippen LogP contribution in [0.4, 0.5) is 17.1 Å². The molecule has 0 aliphatic carbocycles. The third-order valence-electron chi connectivity index (χ3n) is 3.01. The fourth-order valence-corrected chi connectivity index (χ4v) is 2.04. The fourth-order valence-electron chi connectivity index (χ4n) is 2.04. The van der Waals surface area contributed by atoms with Gasteiger partial charge in [-0.2, -0.15) is 5.10 Å². The highest BCUT2D eigenvalue weighted by atomic mass is 16.1. The second kappa shape index (κ2) is 5.24. The van der Waals surface area contributed by atoms with E-state index in [0.29, 0.717) is 16.9 Å². The van der Waals surface area contributed by atoms with Crippen molar-refractivity contribution in [3.05, 3.63) is 35.7 Å². The molecule has 6 nitrogen and oxygen atoms in total. The summed E-state index contributed by atoms with van der Waals surface area (Å²) < 4.78 is 1.66. The maximum Gasteiger partial charge on any atom is 0.257 e. The zero-order valence-electron chi connectivity index (χ0n) is 12.1. The van der Waals surface area contributed by atoms with E-state index in [1.54, 1.807) is 23.0 Å². The van der Waals surface area contributed by atoms with Crippen LogP contribution >= 0.6 is 0 Å². The number of amides is 1. The molecule has 106 valence electrons. The Hall–Kier alpha value is -2.50. The lowest BCUT2D eigenvalue weighted by Gasteiger charge is -2.17. The zero-order chi connectivity index (χ0) is 14.9. The number of carbonyl (C=O) groups excluding carboxylic acids is 1. The number of hydrogen-bond donors (Lipinski definition) is 2. The first-order chi connectivity index (χ1) is 9.38. The first kappa shape index (κ1) is 13.9. The highest BCUT2D eigenvalue weighted by molar-refractivity contribution is 6.08. The number of nitrogens with two attached hydrogens (primary N) is 1. The standard InChI is InChI=1S/C14H19N5O/c1-9-12(8-19(4)17-9)16-14(20)11-7-10(15)5-6-13(11)18(2)3/h5-8H,15H2,1-4H3,(H,16,20). The van der Waals surface area contributed by atoms with Gasteiger partial charge in [0.1, 0.15) is 0 Å². The van der Waals surface area contributed by atoms with Gasteiger partial charge >= 0.3 is 0 Å². The van der Waals surface area contributed by atoms with Gasteiger partial charge in [0, 0.05) is 38.7 Å². The van der Waals surface area contributed by atoms with Crippen LogP contribution in [0.1, 0.15) is 16.1 Å². The summed E-state index contributed by atoms with van der Waals surface area (Å²) in [6.45, 7) is 1.85. The van der Waals surface area contributed by atoms with Gasteiger partial charge in [-0.1, -0.05) is 0 Å². The van der Waals surface area contributed by atoms with E-state index in [2.05, 4.69) is 10.4 Å². The maximum absolute atomic E-state index is 12.4. The third-order valence-corrected chi connectivity index (χ3v) is 3.01. The molecule has 6 heteroatoms. The quantitative estimate of drug-likeness (QED) is 0.833. The number of carbonyl (C=O) groups is 1. The van der Waals surface area contributed by atoms with Gasteiger partial charge in [0.05, 0.1) is 16.9 Å². The van der Waals surface area contributed by atoms with Crippen LogP contribution in [-0.4, -0.2) is 29.8 Å². The Morgan fingerprint density at radius 1 is 1.40 bits per heavy atom. The molecule has 0 fully saturated rings. The number of nitrogens with one attached hydrogen (secondary N) is 1. The average Bonchev–Trinajstić information content (AvgIpc) is 2.67. The molecule has 0 unspecified atom stereocenters. The molecule has 1 heterocycles. The van der Waals surface area contributed by atoms with Crippen LogP contribution in [0.15, 0.2) is 24.4 Å². The highest BCUT2D eigenvalue weighted by Crippen LogP contribution is 2.23. The SMILES string of the molecule is Cc1nn(C)cc1NC(=O)c1cc(N)ccc1N(C)C. The highest BCUT2D eigenvalue weighted by Gasteiger charge is 2.15. The second-order valence-electron chi connectivity index (χ2n) is 4.93. The van der Waals surface area contributed by atoms with Crippen LogP contribution in [0.25, 0.3) is 0 Å². The van der Waals surface area contributed by atoms with E-state index in [9.17, 15) is 4.79 Å². The molecule has 0 aliphatic rings. The number of aromatic nitrogens is 2. The van der Waals surface area contributed by atoms with Crippen LogP contribution in [0.5, 0.6) is 0 Å². The van der Waals surface area contributed by atoms with Crippen molar-refractivity contribution >= 4 is 23.0 Å². The molecule has 0 atom stereocenters. The van der Waals surface area contributed by atoms with Crippen molar-refractivity contribution in [1.82, 2.24) is 9.78 Å². The normalized spacial score (nSPS) is 10.4. The molecule has 2 rings (SSSR count). The molecular formula is C14H19N5O. The van der Waals surface area contributed by atoms with E-state index in [1.807, 2.05) is 39.0 Å². The molecule has 0 aliphatic heterocycles. The van der Waals surface area contributed by atoms with Crippen molar-refractivity contribution in [1.29, 1.82) is 0 Å². The maximum atomic E-state index is 12.4. The lowest BCUT2D eigenvalue weighted by atomic mass is 10.1.